The highest BCUT2D eigenvalue weighted by molar-refractivity contribution is 5.92. The normalized spacial score (nSPS) is 15.8. The fraction of sp³-hybridized carbons (Fsp3) is 0.533. The Kier molecular flexibility index (Phi) is 5.14. The van der Waals surface area contributed by atoms with Crippen LogP contribution in [0.4, 0.5) is 0 Å². The van der Waals surface area contributed by atoms with Crippen molar-refractivity contribution in [3.05, 3.63) is 34.2 Å². The molecule has 2 N–H and O–H groups in total. The number of carbonyl (C=O) groups excluding carboxylic acids is 2. The Labute approximate surface area is 123 Å². The number of pyridine rings is 1. The van der Waals surface area contributed by atoms with Gasteiger partial charge in [-0.3, -0.25) is 14.4 Å². The average molecular weight is 291 g/mol. The van der Waals surface area contributed by atoms with Crippen molar-refractivity contribution in [2.45, 2.75) is 38.6 Å². The zero-order valence-corrected chi connectivity index (χ0v) is 12.2. The summed E-state index contributed by atoms with van der Waals surface area (Å²) in [6, 6.07) is 4.71. The Bertz CT molecular complexity index is 559. The highest BCUT2D eigenvalue weighted by Gasteiger charge is 2.24. The summed E-state index contributed by atoms with van der Waals surface area (Å²) in [7, 11) is 0. The molecule has 2 rings (SSSR count). The highest BCUT2D eigenvalue weighted by Crippen LogP contribution is 2.13. The molecule has 2 amide bonds. The van der Waals surface area contributed by atoms with E-state index in [0.717, 1.165) is 19.3 Å². The monoisotopic (exact) mass is 291 g/mol. The summed E-state index contributed by atoms with van der Waals surface area (Å²) in [5, 5.41) is 2.99. The molecule has 1 aliphatic heterocycles. The van der Waals surface area contributed by atoms with Gasteiger partial charge in [-0.1, -0.05) is 13.0 Å². The molecule has 1 fully saturated rings. The minimum Gasteiger partial charge on any atom is -0.353 e. The van der Waals surface area contributed by atoms with E-state index in [-0.39, 0.29) is 23.4 Å². The van der Waals surface area contributed by atoms with Crippen molar-refractivity contribution in [1.82, 2.24) is 15.2 Å². The molecule has 114 valence electrons. The lowest BCUT2D eigenvalue weighted by molar-refractivity contribution is -0.122. The summed E-state index contributed by atoms with van der Waals surface area (Å²) >= 11 is 0. The second-order valence-corrected chi connectivity index (χ2v) is 5.31. The van der Waals surface area contributed by atoms with Gasteiger partial charge in [0.05, 0.1) is 0 Å². The van der Waals surface area contributed by atoms with Gasteiger partial charge in [-0.05, 0) is 25.3 Å². The lowest BCUT2D eigenvalue weighted by Gasteiger charge is -2.32. The van der Waals surface area contributed by atoms with Gasteiger partial charge in [0.25, 0.3) is 5.91 Å². The second kappa shape index (κ2) is 7.06. The summed E-state index contributed by atoms with van der Waals surface area (Å²) in [6.07, 6.45) is 2.88. The van der Waals surface area contributed by atoms with Gasteiger partial charge in [0.2, 0.25) is 11.5 Å². The van der Waals surface area contributed by atoms with E-state index in [0.29, 0.717) is 25.2 Å². The minimum atomic E-state index is -0.275. The maximum atomic E-state index is 12.3. The van der Waals surface area contributed by atoms with Gasteiger partial charge in [0.1, 0.15) is 5.69 Å². The third-order valence-corrected chi connectivity index (χ3v) is 3.62. The Morgan fingerprint density at radius 3 is 2.67 bits per heavy atom. The fourth-order valence-corrected chi connectivity index (χ4v) is 2.50. The summed E-state index contributed by atoms with van der Waals surface area (Å²) in [5.41, 5.74) is 0.0403. The predicted molar refractivity (Wildman–Crippen MR) is 79.0 cm³/mol. The first-order chi connectivity index (χ1) is 10.1. The molecule has 1 aliphatic rings. The molecule has 0 spiro atoms. The molecule has 21 heavy (non-hydrogen) atoms. The highest BCUT2D eigenvalue weighted by atomic mass is 16.2. The summed E-state index contributed by atoms with van der Waals surface area (Å²) < 4.78 is 0. The number of piperidine rings is 1. The fourth-order valence-electron chi connectivity index (χ4n) is 2.50. The number of hydrogen-bond donors (Lipinski definition) is 2. The van der Waals surface area contributed by atoms with Gasteiger partial charge in [0, 0.05) is 31.6 Å². The Hall–Kier alpha value is -2.11. The number of amides is 2. The third-order valence-electron chi connectivity index (χ3n) is 3.62. The summed E-state index contributed by atoms with van der Waals surface area (Å²) in [4.78, 5) is 39.3. The topological polar surface area (TPSA) is 82.3 Å². The molecule has 1 aromatic heterocycles. The minimum absolute atomic E-state index is 0.0784. The molecule has 0 radical (unpaired) electrons. The molecule has 6 nitrogen and oxygen atoms in total. The predicted octanol–water partition coefficient (Wildman–Crippen LogP) is 0.896. The van der Waals surface area contributed by atoms with Crippen LogP contribution in [0.2, 0.25) is 0 Å². The number of nitrogens with one attached hydrogen (secondary N) is 2. The van der Waals surface area contributed by atoms with Crippen LogP contribution in [0.15, 0.2) is 23.0 Å². The van der Waals surface area contributed by atoms with Crippen molar-refractivity contribution < 1.29 is 9.59 Å². The van der Waals surface area contributed by atoms with E-state index in [4.69, 9.17) is 0 Å². The molecule has 0 bridgehead atoms. The molecule has 2 heterocycles. The van der Waals surface area contributed by atoms with Crippen molar-refractivity contribution in [1.29, 1.82) is 0 Å². The maximum Gasteiger partial charge on any atom is 0.270 e. The van der Waals surface area contributed by atoms with Crippen molar-refractivity contribution in [2.75, 3.05) is 13.1 Å². The largest absolute Gasteiger partial charge is 0.353 e. The standard InChI is InChI=1S/C15H21N3O3/c1-2-4-13(19)16-11-7-9-18(10-8-11)15(21)12-5-3-6-14(20)17-12/h3,5-6,11H,2,4,7-10H2,1H3,(H,16,19)(H,17,20). The molecule has 6 heteroatoms. The lowest BCUT2D eigenvalue weighted by atomic mass is 10.0. The maximum absolute atomic E-state index is 12.3. The number of aromatic nitrogens is 1. The van der Waals surface area contributed by atoms with E-state index in [9.17, 15) is 14.4 Å². The van der Waals surface area contributed by atoms with Crippen LogP contribution in [0.25, 0.3) is 0 Å². The first-order valence-corrected chi connectivity index (χ1v) is 7.38. The summed E-state index contributed by atoms with van der Waals surface area (Å²) in [5.74, 6) is -0.0827. The van der Waals surface area contributed by atoms with Gasteiger partial charge in [-0.25, -0.2) is 0 Å². The number of hydrogen-bond acceptors (Lipinski definition) is 3. The van der Waals surface area contributed by atoms with E-state index < -0.39 is 0 Å². The number of carbonyl (C=O) groups is 2. The van der Waals surface area contributed by atoms with E-state index in [2.05, 4.69) is 10.3 Å². The quantitative estimate of drug-likeness (QED) is 0.864. The van der Waals surface area contributed by atoms with Crippen LogP contribution in [0.1, 0.15) is 43.1 Å². The molecule has 0 aromatic carbocycles. The number of nitrogens with zero attached hydrogens (tertiary/aromatic N) is 1. The van der Waals surface area contributed by atoms with Crippen LogP contribution in [0.3, 0.4) is 0 Å². The van der Waals surface area contributed by atoms with Crippen LogP contribution < -0.4 is 10.9 Å². The van der Waals surface area contributed by atoms with Crippen LogP contribution >= 0.6 is 0 Å². The third kappa shape index (κ3) is 4.18. The van der Waals surface area contributed by atoms with Crippen molar-refractivity contribution in [3.8, 4) is 0 Å². The molecule has 0 atom stereocenters. The Balaban J connectivity index is 1.87. The molecular weight excluding hydrogens is 270 g/mol. The molecule has 0 saturated carbocycles. The molecule has 0 aliphatic carbocycles. The van der Waals surface area contributed by atoms with E-state index in [1.165, 1.54) is 6.07 Å². The summed E-state index contributed by atoms with van der Waals surface area (Å²) in [6.45, 7) is 3.15. The first-order valence-electron chi connectivity index (χ1n) is 7.38. The molecule has 1 saturated heterocycles. The van der Waals surface area contributed by atoms with E-state index in [1.54, 1.807) is 17.0 Å². The molecule has 1 aromatic rings. The van der Waals surface area contributed by atoms with Gasteiger partial charge in [0.15, 0.2) is 0 Å². The van der Waals surface area contributed by atoms with E-state index >= 15 is 0 Å². The van der Waals surface area contributed by atoms with E-state index in [1.807, 2.05) is 6.92 Å². The SMILES string of the molecule is CCCC(=O)NC1CCN(C(=O)c2cccc(=O)[nH]2)CC1. The van der Waals surface area contributed by atoms with Crippen LogP contribution in [0.5, 0.6) is 0 Å². The Morgan fingerprint density at radius 2 is 2.05 bits per heavy atom. The zero-order chi connectivity index (χ0) is 15.2. The van der Waals surface area contributed by atoms with Crippen molar-refractivity contribution in [3.63, 3.8) is 0 Å². The molecule has 0 unspecified atom stereocenters. The van der Waals surface area contributed by atoms with Gasteiger partial charge in [-0.2, -0.15) is 0 Å². The first kappa shape index (κ1) is 15.3. The number of likely N-dealkylation sites (tertiary alicyclic amines) is 1. The van der Waals surface area contributed by atoms with Gasteiger partial charge < -0.3 is 15.2 Å². The average Bonchev–Trinajstić information content (AvgIpc) is 2.47. The lowest BCUT2D eigenvalue weighted by Crippen LogP contribution is -2.46. The number of aromatic amines is 1. The zero-order valence-electron chi connectivity index (χ0n) is 12.2. The van der Waals surface area contributed by atoms with Crippen LogP contribution in [0, 0.1) is 0 Å². The van der Waals surface area contributed by atoms with Gasteiger partial charge >= 0.3 is 0 Å². The number of rotatable bonds is 4. The van der Waals surface area contributed by atoms with Crippen molar-refractivity contribution >= 4 is 11.8 Å². The smallest absolute Gasteiger partial charge is 0.270 e. The van der Waals surface area contributed by atoms with Crippen molar-refractivity contribution in [2.24, 2.45) is 0 Å². The Morgan fingerprint density at radius 1 is 1.33 bits per heavy atom. The second-order valence-electron chi connectivity index (χ2n) is 5.31. The van der Waals surface area contributed by atoms with Gasteiger partial charge in [-0.15, -0.1) is 0 Å². The van der Waals surface area contributed by atoms with Crippen LogP contribution in [-0.2, 0) is 4.79 Å². The van der Waals surface area contributed by atoms with Crippen LogP contribution in [-0.4, -0.2) is 40.8 Å². The number of H-pyrrole nitrogens is 1. The molecular formula is C15H21N3O3.